The molecule has 0 heterocycles. The molecule has 1 aromatic carbocycles. The van der Waals surface area contributed by atoms with E-state index in [4.69, 9.17) is 9.84 Å². The molecular weight excluding hydrogens is 216 g/mol. The Morgan fingerprint density at radius 2 is 1.94 bits per heavy atom. The Hall–Kier alpha value is -1.20. The number of rotatable bonds is 7. The van der Waals surface area contributed by atoms with Crippen LogP contribution in [-0.4, -0.2) is 31.3 Å². The molecule has 0 aliphatic rings. The molecule has 90 valence electrons. The number of ether oxygens (including phenoxy) is 1. The van der Waals surface area contributed by atoms with Gasteiger partial charge >= 0.3 is 0 Å². The molecule has 0 bridgehead atoms. The lowest BCUT2D eigenvalue weighted by Gasteiger charge is -2.06. The highest BCUT2D eigenvalue weighted by Crippen LogP contribution is 2.08. The number of hydrogen-bond acceptors (Lipinski definition) is 3. The van der Waals surface area contributed by atoms with Gasteiger partial charge in [-0.1, -0.05) is 12.1 Å². The minimum Gasteiger partial charge on any atom is -0.508 e. The minimum absolute atomic E-state index is 0.226. The van der Waals surface area contributed by atoms with Gasteiger partial charge in [0.05, 0.1) is 6.61 Å². The van der Waals surface area contributed by atoms with Crippen molar-refractivity contribution in [1.29, 1.82) is 0 Å². The molecule has 0 saturated heterocycles. The summed E-state index contributed by atoms with van der Waals surface area (Å²) in [4.78, 5) is 0. The first-order valence-corrected chi connectivity index (χ1v) is 5.03. The highest BCUT2D eigenvalue weighted by atomic mass is 19.3. The summed E-state index contributed by atoms with van der Waals surface area (Å²) in [5, 5.41) is 12.1. The molecule has 1 rings (SSSR count). The quantitative estimate of drug-likeness (QED) is 0.703. The normalized spacial score (nSPS) is 10.9. The molecule has 3 nitrogen and oxygen atoms in total. The van der Waals surface area contributed by atoms with E-state index in [1.165, 1.54) is 0 Å². The Bertz CT molecular complexity index is 291. The van der Waals surface area contributed by atoms with E-state index in [1.807, 2.05) is 0 Å². The van der Waals surface area contributed by atoms with Gasteiger partial charge < -0.3 is 15.2 Å². The van der Waals surface area contributed by atoms with E-state index in [1.54, 1.807) is 24.3 Å². The van der Waals surface area contributed by atoms with Gasteiger partial charge in [-0.2, -0.15) is 0 Å². The molecule has 1 aromatic rings. The summed E-state index contributed by atoms with van der Waals surface area (Å²) < 4.78 is 28.1. The second kappa shape index (κ2) is 7.14. The van der Waals surface area contributed by atoms with Gasteiger partial charge in [-0.3, -0.25) is 0 Å². The van der Waals surface area contributed by atoms with Gasteiger partial charge in [-0.15, -0.1) is 0 Å². The van der Waals surface area contributed by atoms with Crippen LogP contribution in [0.1, 0.15) is 5.56 Å². The molecule has 16 heavy (non-hydrogen) atoms. The average Bonchev–Trinajstić information content (AvgIpc) is 2.25. The van der Waals surface area contributed by atoms with Crippen LogP contribution in [0.25, 0.3) is 0 Å². The number of phenolic OH excluding ortho intramolecular Hbond substituents is 1. The molecule has 0 atom stereocenters. The van der Waals surface area contributed by atoms with Gasteiger partial charge in [0.15, 0.2) is 0 Å². The summed E-state index contributed by atoms with van der Waals surface area (Å²) in [7, 11) is 0. The van der Waals surface area contributed by atoms with Crippen LogP contribution in [0.4, 0.5) is 8.78 Å². The fourth-order valence-electron chi connectivity index (χ4n) is 1.16. The largest absolute Gasteiger partial charge is 0.508 e. The summed E-state index contributed by atoms with van der Waals surface area (Å²) >= 11 is 0. The molecule has 0 amide bonds. The van der Waals surface area contributed by atoms with Crippen molar-refractivity contribution >= 4 is 0 Å². The first-order valence-electron chi connectivity index (χ1n) is 5.03. The number of aromatic hydroxyl groups is 1. The molecule has 0 spiro atoms. The predicted octanol–water partition coefficient (Wildman–Crippen LogP) is 1.76. The van der Waals surface area contributed by atoms with Gasteiger partial charge in [-0.25, -0.2) is 8.78 Å². The number of alkyl halides is 2. The molecule has 0 saturated carbocycles. The van der Waals surface area contributed by atoms with Crippen LogP contribution in [0.15, 0.2) is 24.3 Å². The maximum atomic E-state index is 11.7. The van der Waals surface area contributed by atoms with Crippen molar-refractivity contribution < 1.29 is 18.6 Å². The van der Waals surface area contributed by atoms with Crippen LogP contribution in [-0.2, 0) is 11.3 Å². The van der Waals surface area contributed by atoms with Crippen LogP contribution in [0.2, 0.25) is 0 Å². The number of halogens is 2. The van der Waals surface area contributed by atoms with Crippen molar-refractivity contribution in [1.82, 2.24) is 5.32 Å². The maximum Gasteiger partial charge on any atom is 0.261 e. The van der Waals surface area contributed by atoms with Gasteiger partial charge in [0.25, 0.3) is 6.43 Å². The maximum absolute atomic E-state index is 11.7. The molecule has 5 heteroatoms. The van der Waals surface area contributed by atoms with E-state index >= 15 is 0 Å². The van der Waals surface area contributed by atoms with E-state index in [-0.39, 0.29) is 12.4 Å². The number of hydrogen-bond donors (Lipinski definition) is 2. The van der Waals surface area contributed by atoms with E-state index in [0.29, 0.717) is 13.1 Å². The second-order valence-corrected chi connectivity index (χ2v) is 3.31. The van der Waals surface area contributed by atoms with Crippen LogP contribution in [0, 0.1) is 0 Å². The van der Waals surface area contributed by atoms with Crippen molar-refractivity contribution in [2.24, 2.45) is 0 Å². The number of benzene rings is 1. The third-order valence-corrected chi connectivity index (χ3v) is 1.93. The van der Waals surface area contributed by atoms with Gasteiger partial charge in [0, 0.05) is 13.1 Å². The summed E-state index contributed by atoms with van der Waals surface area (Å²) in [6.07, 6.45) is -2.41. The summed E-state index contributed by atoms with van der Waals surface area (Å²) in [5.41, 5.74) is 1.02. The highest BCUT2D eigenvalue weighted by molar-refractivity contribution is 5.25. The third-order valence-electron chi connectivity index (χ3n) is 1.93. The Balaban J connectivity index is 2.05. The molecule has 0 aliphatic carbocycles. The Morgan fingerprint density at radius 3 is 2.56 bits per heavy atom. The minimum atomic E-state index is -2.41. The SMILES string of the molecule is Oc1ccc(CNCCOCC(F)F)cc1. The van der Waals surface area contributed by atoms with Gasteiger partial charge in [0.1, 0.15) is 12.4 Å². The van der Waals surface area contributed by atoms with E-state index in [0.717, 1.165) is 5.56 Å². The zero-order chi connectivity index (χ0) is 11.8. The summed E-state index contributed by atoms with van der Waals surface area (Å²) in [6, 6.07) is 6.79. The molecule has 0 aliphatic heterocycles. The standard InChI is InChI=1S/C11H15F2NO2/c12-11(13)8-16-6-5-14-7-9-1-3-10(15)4-2-9/h1-4,11,14-15H,5-8H2. The Labute approximate surface area is 93.0 Å². The first kappa shape index (κ1) is 12.9. The van der Waals surface area contributed by atoms with E-state index in [2.05, 4.69) is 5.32 Å². The highest BCUT2D eigenvalue weighted by Gasteiger charge is 2.00. The van der Waals surface area contributed by atoms with Crippen LogP contribution in [0.3, 0.4) is 0 Å². The molecule has 0 unspecified atom stereocenters. The molecule has 2 N–H and O–H groups in total. The number of phenols is 1. The van der Waals surface area contributed by atoms with Crippen molar-refractivity contribution in [2.75, 3.05) is 19.8 Å². The smallest absolute Gasteiger partial charge is 0.261 e. The van der Waals surface area contributed by atoms with Crippen LogP contribution < -0.4 is 5.32 Å². The van der Waals surface area contributed by atoms with Gasteiger partial charge in [-0.05, 0) is 17.7 Å². The van der Waals surface area contributed by atoms with Crippen LogP contribution >= 0.6 is 0 Å². The topological polar surface area (TPSA) is 41.5 Å². The second-order valence-electron chi connectivity index (χ2n) is 3.31. The Morgan fingerprint density at radius 1 is 1.25 bits per heavy atom. The van der Waals surface area contributed by atoms with Crippen LogP contribution in [0.5, 0.6) is 5.75 Å². The van der Waals surface area contributed by atoms with Crippen molar-refractivity contribution in [3.8, 4) is 5.75 Å². The molecule has 0 fully saturated rings. The molecule has 0 radical (unpaired) electrons. The lowest BCUT2D eigenvalue weighted by molar-refractivity contribution is 0.0187. The molecule has 0 aromatic heterocycles. The van der Waals surface area contributed by atoms with E-state index < -0.39 is 13.0 Å². The zero-order valence-corrected chi connectivity index (χ0v) is 8.83. The van der Waals surface area contributed by atoms with Crippen molar-refractivity contribution in [3.63, 3.8) is 0 Å². The third kappa shape index (κ3) is 5.63. The zero-order valence-electron chi connectivity index (χ0n) is 8.83. The lowest BCUT2D eigenvalue weighted by Crippen LogP contribution is -2.20. The van der Waals surface area contributed by atoms with Crippen molar-refractivity contribution in [2.45, 2.75) is 13.0 Å². The van der Waals surface area contributed by atoms with Gasteiger partial charge in [0.2, 0.25) is 0 Å². The fourth-order valence-corrected chi connectivity index (χ4v) is 1.16. The average molecular weight is 231 g/mol. The predicted molar refractivity (Wildman–Crippen MR) is 56.6 cm³/mol. The van der Waals surface area contributed by atoms with E-state index in [9.17, 15) is 8.78 Å². The number of nitrogens with one attached hydrogen (secondary N) is 1. The summed E-state index contributed by atoms with van der Waals surface area (Å²) in [6.45, 7) is 0.898. The molecular formula is C11H15F2NO2. The summed E-state index contributed by atoms with van der Waals surface area (Å²) in [5.74, 6) is 0.226. The fraction of sp³-hybridized carbons (Fsp3) is 0.455. The Kier molecular flexibility index (Phi) is 5.74. The lowest BCUT2D eigenvalue weighted by atomic mass is 10.2. The van der Waals surface area contributed by atoms with Crippen molar-refractivity contribution in [3.05, 3.63) is 29.8 Å². The monoisotopic (exact) mass is 231 g/mol. The first-order chi connectivity index (χ1) is 7.68.